The largest absolute Gasteiger partial charge is 0.481 e. The van der Waals surface area contributed by atoms with Crippen LogP contribution >= 0.6 is 0 Å². The van der Waals surface area contributed by atoms with E-state index >= 15 is 0 Å². The van der Waals surface area contributed by atoms with Gasteiger partial charge in [0.15, 0.2) is 12.1 Å². The van der Waals surface area contributed by atoms with E-state index in [1.165, 1.54) is 13.0 Å². The topological polar surface area (TPSA) is 320 Å². The minimum absolute atomic E-state index is 0.138. The number of carbonyl (C=O) groups excluding carboxylic acids is 1. The second-order valence-corrected chi connectivity index (χ2v) is 17.8. The van der Waals surface area contributed by atoms with Gasteiger partial charge in [-0.1, -0.05) is 86.8 Å². The van der Waals surface area contributed by atoms with Gasteiger partial charge in [-0.05, 0) is 52.4 Å². The third-order valence-corrected chi connectivity index (χ3v) is 12.2. The molecule has 0 unspecified atom stereocenters. The highest BCUT2D eigenvalue weighted by Crippen LogP contribution is 2.38. The Kier molecular flexibility index (Phi) is 23.8. The van der Waals surface area contributed by atoms with Gasteiger partial charge in [0.05, 0.1) is 79.6 Å². The number of aliphatic carboxylic acids is 1. The van der Waals surface area contributed by atoms with Crippen molar-refractivity contribution in [1.29, 1.82) is 0 Å². The van der Waals surface area contributed by atoms with Crippen LogP contribution in [0.15, 0.2) is 72.9 Å². The molecule has 0 saturated carbocycles. The van der Waals surface area contributed by atoms with Crippen molar-refractivity contribution in [1.82, 2.24) is 0 Å². The van der Waals surface area contributed by atoms with E-state index in [0.717, 1.165) is 12.8 Å². The average Bonchev–Trinajstić information content (AvgIpc) is 3.21. The van der Waals surface area contributed by atoms with Crippen molar-refractivity contribution >= 4 is 11.9 Å². The number of esters is 1. The van der Waals surface area contributed by atoms with E-state index in [4.69, 9.17) is 24.7 Å². The van der Waals surface area contributed by atoms with E-state index in [1.54, 1.807) is 38.2 Å². The number of hydrogen-bond donors (Lipinski definition) is 12. The third kappa shape index (κ3) is 18.8. The average molecular weight is 926 g/mol. The zero-order valence-electron chi connectivity index (χ0n) is 37.8. The van der Waals surface area contributed by atoms with Gasteiger partial charge in [-0.15, -0.1) is 0 Å². The summed E-state index contributed by atoms with van der Waals surface area (Å²) in [7, 11) is 0. The molecule has 2 saturated heterocycles. The van der Waals surface area contributed by atoms with Crippen molar-refractivity contribution in [2.75, 3.05) is 0 Å². The van der Waals surface area contributed by atoms with Crippen LogP contribution in [0.4, 0.5) is 0 Å². The first-order chi connectivity index (χ1) is 30.6. The molecule has 65 heavy (non-hydrogen) atoms. The predicted molar refractivity (Wildman–Crippen MR) is 237 cm³/mol. The second kappa shape index (κ2) is 27.6. The molecule has 3 heterocycles. The van der Waals surface area contributed by atoms with Crippen LogP contribution < -0.4 is 5.73 Å². The maximum Gasteiger partial charge on any atom is 0.311 e. The number of cyclic esters (lactones) is 1. The number of aliphatic hydroxyl groups excluding tert-OH is 9. The summed E-state index contributed by atoms with van der Waals surface area (Å²) in [5.41, 5.74) is 6.02. The van der Waals surface area contributed by atoms with Crippen molar-refractivity contribution in [2.45, 2.75) is 189 Å². The van der Waals surface area contributed by atoms with E-state index in [-0.39, 0.29) is 38.0 Å². The van der Waals surface area contributed by atoms with Gasteiger partial charge in [-0.25, -0.2) is 0 Å². The predicted octanol–water partition coefficient (Wildman–Crippen LogP) is 0.936. The molecule has 0 aromatic heterocycles. The maximum atomic E-state index is 12.6. The summed E-state index contributed by atoms with van der Waals surface area (Å²) >= 11 is 0. The number of nitrogens with two attached hydrogens (primary N) is 1. The van der Waals surface area contributed by atoms with E-state index in [2.05, 4.69) is 0 Å². The van der Waals surface area contributed by atoms with Gasteiger partial charge in [0.25, 0.3) is 0 Å². The first kappa shape index (κ1) is 56.1. The number of carboxylic acids is 1. The van der Waals surface area contributed by atoms with Crippen LogP contribution in [-0.2, 0) is 28.5 Å². The van der Waals surface area contributed by atoms with Gasteiger partial charge in [0.1, 0.15) is 18.1 Å². The van der Waals surface area contributed by atoms with E-state index in [0.29, 0.717) is 0 Å². The van der Waals surface area contributed by atoms with Crippen LogP contribution in [0.25, 0.3) is 0 Å². The lowest BCUT2D eigenvalue weighted by atomic mass is 9.82. The van der Waals surface area contributed by atoms with Crippen LogP contribution in [0.5, 0.6) is 0 Å². The molecule has 3 rings (SSSR count). The molecule has 0 radical (unpaired) electrons. The second-order valence-electron chi connectivity index (χ2n) is 17.8. The molecule has 370 valence electrons. The zero-order chi connectivity index (χ0) is 48.4. The van der Waals surface area contributed by atoms with Crippen molar-refractivity contribution in [3.8, 4) is 0 Å². The summed E-state index contributed by atoms with van der Waals surface area (Å²) < 4.78 is 23.2. The van der Waals surface area contributed by atoms with Crippen LogP contribution in [0.1, 0.15) is 91.9 Å². The standard InChI is InChI=1S/C47H75NO17/c1-27-17-15-13-11-9-7-5-6-8-10-12-14-16-18-34(64-46-44(58)41(48)43(57)30(4)63-46)24-38-40(45(59)60)37(54)26-47(61,65-38)25-36(53)35(52)20-19-31(49)21-32(50)22-33(51)23-39(55)62-29(3)28(2)42(27)56/h5-6,8,10-18,27-38,40-44,46,49-54,56-58,61H,7,9,19-26,48H2,1-4H3,(H,59,60)/b6-5+,10-8+,13-11+,14-12+,17-15+,18-16+/t27-,28-,29-,30+,31+,32+,33+,34+,35-,36+,37-,38+,40-,41-,42+,43+,44-,46+,47+/m0/s1. The van der Waals surface area contributed by atoms with Gasteiger partial charge in [0, 0.05) is 31.1 Å². The van der Waals surface area contributed by atoms with Crippen LogP contribution in [0.3, 0.4) is 0 Å². The Morgan fingerprint density at radius 3 is 1.94 bits per heavy atom. The molecule has 0 amide bonds. The molecule has 0 aliphatic carbocycles. The highest BCUT2D eigenvalue weighted by atomic mass is 16.7. The number of hydrogen-bond acceptors (Lipinski definition) is 17. The summed E-state index contributed by atoms with van der Waals surface area (Å²) in [6.07, 6.45) is 2.28. The third-order valence-electron chi connectivity index (χ3n) is 12.2. The van der Waals surface area contributed by atoms with Gasteiger partial charge in [-0.2, -0.15) is 0 Å². The Balaban J connectivity index is 1.84. The van der Waals surface area contributed by atoms with Gasteiger partial charge >= 0.3 is 11.9 Å². The summed E-state index contributed by atoms with van der Waals surface area (Å²) in [5.74, 6) is -6.82. The highest BCUT2D eigenvalue weighted by molar-refractivity contribution is 5.71. The highest BCUT2D eigenvalue weighted by Gasteiger charge is 2.51. The number of fused-ring (bicyclic) bond motifs is 2. The Bertz CT molecular complexity index is 1620. The lowest BCUT2D eigenvalue weighted by molar-refractivity contribution is -0.310. The fourth-order valence-corrected chi connectivity index (χ4v) is 8.11. The number of ether oxygens (including phenoxy) is 4. The van der Waals surface area contributed by atoms with Crippen molar-refractivity contribution in [3.63, 3.8) is 0 Å². The van der Waals surface area contributed by atoms with E-state index in [9.17, 15) is 65.8 Å². The number of rotatable bonds is 3. The molecule has 0 aromatic carbocycles. The minimum Gasteiger partial charge on any atom is -0.481 e. The summed E-state index contributed by atoms with van der Waals surface area (Å²) in [5, 5.41) is 118. The summed E-state index contributed by atoms with van der Waals surface area (Å²) in [6.45, 7) is 6.78. The van der Waals surface area contributed by atoms with Crippen LogP contribution in [0.2, 0.25) is 0 Å². The number of allylic oxidation sites excluding steroid dienone is 10. The Labute approximate surface area is 381 Å². The molecule has 3 aliphatic rings. The smallest absolute Gasteiger partial charge is 0.311 e. The maximum absolute atomic E-state index is 12.6. The quantitative estimate of drug-likeness (QED) is 0.175. The molecule has 0 aromatic rings. The first-order valence-electron chi connectivity index (χ1n) is 22.6. The molecule has 19 atom stereocenters. The van der Waals surface area contributed by atoms with Crippen LogP contribution in [-0.4, -0.2) is 166 Å². The first-order valence-corrected chi connectivity index (χ1v) is 22.6. The summed E-state index contributed by atoms with van der Waals surface area (Å²) in [4.78, 5) is 25.1. The lowest BCUT2D eigenvalue weighted by Crippen LogP contribution is -2.61. The lowest BCUT2D eigenvalue weighted by Gasteiger charge is -2.45. The zero-order valence-corrected chi connectivity index (χ0v) is 37.8. The molecule has 2 bridgehead atoms. The Morgan fingerprint density at radius 1 is 0.692 bits per heavy atom. The molecule has 18 nitrogen and oxygen atoms in total. The molecule has 2 fully saturated rings. The number of carbonyl (C=O) groups is 2. The SMILES string of the molecule is C[C@@H]1[C@H](O)[C@@H](C)/C=C/C=C/CC/C=C/C=C/C=C/C=C/[C@@H](O[C@H]2O[C@H](C)[C@@H](O)[C@H](N)[C@@H]2O)C[C@H]2O[C@](O)(C[C@@H](O)[C@@H](O)CC[C@@H](O)C[C@@H](O)C[C@@H](O)CC(=O)O[C@H]1C)C[C@H](O)[C@@H]2C(=O)O. The van der Waals surface area contributed by atoms with E-state index in [1.807, 2.05) is 49.5 Å². The van der Waals surface area contributed by atoms with Crippen molar-refractivity contribution in [2.24, 2.45) is 23.5 Å². The summed E-state index contributed by atoms with van der Waals surface area (Å²) in [6, 6.07) is -1.14. The van der Waals surface area contributed by atoms with Gasteiger partial charge in [0.2, 0.25) is 0 Å². The number of carboxylic acid groups (broad SMARTS) is 1. The normalized spacial score (nSPS) is 45.2. The monoisotopic (exact) mass is 926 g/mol. The molecular formula is C47H75NO17. The Morgan fingerprint density at radius 2 is 1.28 bits per heavy atom. The van der Waals surface area contributed by atoms with E-state index < -0.39 is 141 Å². The molecule has 18 heteroatoms. The van der Waals surface area contributed by atoms with Crippen LogP contribution in [0, 0.1) is 17.8 Å². The molecule has 0 spiro atoms. The molecule has 3 aliphatic heterocycles. The fourth-order valence-electron chi connectivity index (χ4n) is 8.11. The number of aliphatic hydroxyl groups is 10. The van der Waals surface area contributed by atoms with Crippen molar-refractivity contribution < 1.29 is 84.7 Å². The van der Waals surface area contributed by atoms with Crippen molar-refractivity contribution in [3.05, 3.63) is 72.9 Å². The minimum atomic E-state index is -2.35. The van der Waals surface area contributed by atoms with Gasteiger partial charge in [-0.3, -0.25) is 9.59 Å². The van der Waals surface area contributed by atoms with Gasteiger partial charge < -0.3 is 80.9 Å². The molecule has 13 N–H and O–H groups in total. The fraction of sp³-hybridized carbons (Fsp3) is 0.702. The Hall–Kier alpha value is -3.18. The molecular weight excluding hydrogens is 851 g/mol.